The summed E-state index contributed by atoms with van der Waals surface area (Å²) in [6.45, 7) is 7.11. The van der Waals surface area contributed by atoms with Gasteiger partial charge in [0.05, 0.1) is 17.3 Å². The normalized spacial score (nSPS) is 11.3. The summed E-state index contributed by atoms with van der Waals surface area (Å²) in [5.74, 6) is 0.214. The van der Waals surface area contributed by atoms with E-state index in [1.54, 1.807) is 51.2 Å². The van der Waals surface area contributed by atoms with Gasteiger partial charge in [0.2, 0.25) is 5.89 Å². The molecule has 28 heavy (non-hydrogen) atoms. The number of carbonyl (C=O) groups is 2. The van der Waals surface area contributed by atoms with Gasteiger partial charge in [0, 0.05) is 11.0 Å². The Morgan fingerprint density at radius 3 is 2.39 bits per heavy atom. The fourth-order valence-electron chi connectivity index (χ4n) is 2.52. The molecule has 144 valence electrons. The number of hydrogen-bond acceptors (Lipinski definition) is 5. The lowest BCUT2D eigenvalue weighted by molar-refractivity contribution is -0.129. The molecule has 0 saturated carbocycles. The summed E-state index contributed by atoms with van der Waals surface area (Å²) in [6.07, 6.45) is 1.63. The van der Waals surface area contributed by atoms with Crippen molar-refractivity contribution in [1.82, 2.24) is 4.98 Å². The minimum absolute atomic E-state index is 0.142. The largest absolute Gasteiger partial charge is 0.454 e. The van der Waals surface area contributed by atoms with Crippen LogP contribution in [0.2, 0.25) is 0 Å². The summed E-state index contributed by atoms with van der Waals surface area (Å²) in [7, 11) is 0. The average molecular weight is 377 g/mol. The Kier molecular flexibility index (Phi) is 5.45. The van der Waals surface area contributed by atoms with Crippen LogP contribution >= 0.6 is 0 Å². The van der Waals surface area contributed by atoms with Crippen LogP contribution in [0.1, 0.15) is 36.7 Å². The lowest BCUT2D eigenvalue weighted by Crippen LogP contribution is -2.26. The average Bonchev–Trinajstić information content (AvgIpc) is 3.15. The molecule has 0 amide bonds. The monoisotopic (exact) mass is 377 g/mol. The van der Waals surface area contributed by atoms with E-state index in [0.717, 1.165) is 11.1 Å². The quantitative estimate of drug-likeness (QED) is 0.579. The number of aryl methyl sites for hydroxylation is 1. The first-order valence-corrected chi connectivity index (χ1v) is 9.08. The summed E-state index contributed by atoms with van der Waals surface area (Å²) in [6, 6.07) is 14.8. The highest BCUT2D eigenvalue weighted by Crippen LogP contribution is 2.29. The molecule has 0 fully saturated rings. The third-order valence-electron chi connectivity index (χ3n) is 4.39. The van der Waals surface area contributed by atoms with Gasteiger partial charge < -0.3 is 9.15 Å². The lowest BCUT2D eigenvalue weighted by atomic mass is 9.91. The summed E-state index contributed by atoms with van der Waals surface area (Å²) >= 11 is 0. The molecule has 1 heterocycles. The van der Waals surface area contributed by atoms with E-state index >= 15 is 0 Å². The summed E-state index contributed by atoms with van der Waals surface area (Å²) in [4.78, 5) is 28.9. The minimum Gasteiger partial charge on any atom is -0.454 e. The van der Waals surface area contributed by atoms with Crippen molar-refractivity contribution in [2.24, 2.45) is 5.41 Å². The molecule has 0 radical (unpaired) electrons. The first-order valence-electron chi connectivity index (χ1n) is 9.08. The molecule has 0 atom stereocenters. The van der Waals surface area contributed by atoms with Crippen molar-refractivity contribution in [3.8, 4) is 22.8 Å². The molecule has 2 aromatic carbocycles. The van der Waals surface area contributed by atoms with Gasteiger partial charge in [0.15, 0.2) is 18.2 Å². The molecular weight excluding hydrogens is 354 g/mol. The van der Waals surface area contributed by atoms with Gasteiger partial charge >= 0.3 is 5.97 Å². The number of rotatable bonds is 5. The number of ether oxygens (including phenoxy) is 1. The Morgan fingerprint density at radius 1 is 1.04 bits per heavy atom. The van der Waals surface area contributed by atoms with Crippen molar-refractivity contribution in [3.63, 3.8) is 0 Å². The van der Waals surface area contributed by atoms with Gasteiger partial charge in [-0.25, -0.2) is 9.78 Å². The number of benzene rings is 2. The lowest BCUT2D eigenvalue weighted by Gasteiger charge is -2.16. The second kappa shape index (κ2) is 7.80. The first kappa shape index (κ1) is 19.5. The maximum atomic E-state index is 12.5. The van der Waals surface area contributed by atoms with E-state index < -0.39 is 11.4 Å². The highest BCUT2D eigenvalue weighted by molar-refractivity contribution is 5.97. The van der Waals surface area contributed by atoms with Crippen LogP contribution in [0.15, 0.2) is 59.1 Å². The molecule has 0 saturated heterocycles. The number of esters is 1. The summed E-state index contributed by atoms with van der Waals surface area (Å²) in [5, 5.41) is 0. The Balaban J connectivity index is 1.84. The molecule has 0 aliphatic carbocycles. The third kappa shape index (κ3) is 4.36. The highest BCUT2D eigenvalue weighted by atomic mass is 16.5. The molecule has 0 aliphatic heterocycles. The number of hydrogen-bond donors (Lipinski definition) is 0. The van der Waals surface area contributed by atoms with Crippen LogP contribution in [0.25, 0.3) is 22.8 Å². The van der Waals surface area contributed by atoms with Crippen molar-refractivity contribution in [2.45, 2.75) is 27.7 Å². The van der Waals surface area contributed by atoms with E-state index in [2.05, 4.69) is 4.98 Å². The van der Waals surface area contributed by atoms with Gasteiger partial charge in [-0.2, -0.15) is 0 Å². The van der Waals surface area contributed by atoms with Crippen molar-refractivity contribution >= 4 is 11.8 Å². The molecule has 0 spiro atoms. The van der Waals surface area contributed by atoms with E-state index in [1.165, 1.54) is 0 Å². The predicted molar refractivity (Wildman–Crippen MR) is 107 cm³/mol. The zero-order valence-corrected chi connectivity index (χ0v) is 16.5. The summed E-state index contributed by atoms with van der Waals surface area (Å²) in [5.41, 5.74) is 2.32. The molecular formula is C23H23NO4. The van der Waals surface area contributed by atoms with Crippen molar-refractivity contribution in [2.75, 3.05) is 6.61 Å². The van der Waals surface area contributed by atoms with E-state index in [-0.39, 0.29) is 12.4 Å². The minimum atomic E-state index is -0.580. The topological polar surface area (TPSA) is 69.4 Å². The van der Waals surface area contributed by atoms with E-state index in [1.807, 2.05) is 31.2 Å². The SMILES string of the molecule is Cc1ccc(-c2cnc(-c3ccccc3C(=O)OCC(=O)C(C)(C)C)o2)cc1. The van der Waals surface area contributed by atoms with Crippen molar-refractivity contribution < 1.29 is 18.7 Å². The maximum absolute atomic E-state index is 12.5. The fraction of sp³-hybridized carbons (Fsp3) is 0.261. The summed E-state index contributed by atoms with van der Waals surface area (Å²) < 4.78 is 11.1. The maximum Gasteiger partial charge on any atom is 0.339 e. The van der Waals surface area contributed by atoms with Crippen LogP contribution in [-0.4, -0.2) is 23.3 Å². The van der Waals surface area contributed by atoms with Crippen LogP contribution < -0.4 is 0 Å². The molecule has 0 aliphatic rings. The number of nitrogens with zero attached hydrogens (tertiary/aromatic N) is 1. The number of ketones is 1. The Bertz CT molecular complexity index is 994. The molecule has 0 N–H and O–H groups in total. The third-order valence-corrected chi connectivity index (χ3v) is 4.39. The Morgan fingerprint density at radius 2 is 1.71 bits per heavy atom. The number of carbonyl (C=O) groups excluding carboxylic acids is 2. The van der Waals surface area contributed by atoms with E-state index in [4.69, 9.17) is 9.15 Å². The zero-order valence-electron chi connectivity index (χ0n) is 16.5. The Hall–Kier alpha value is -3.21. The van der Waals surface area contributed by atoms with Crippen LogP contribution in [-0.2, 0) is 9.53 Å². The highest BCUT2D eigenvalue weighted by Gasteiger charge is 2.24. The van der Waals surface area contributed by atoms with E-state index in [0.29, 0.717) is 22.8 Å². The van der Waals surface area contributed by atoms with Gasteiger partial charge in [-0.3, -0.25) is 4.79 Å². The van der Waals surface area contributed by atoms with Gasteiger partial charge in [0.25, 0.3) is 0 Å². The van der Waals surface area contributed by atoms with Gasteiger partial charge in [-0.05, 0) is 19.1 Å². The van der Waals surface area contributed by atoms with Crippen LogP contribution in [0, 0.1) is 12.3 Å². The number of oxazole rings is 1. The van der Waals surface area contributed by atoms with Gasteiger partial charge in [0.1, 0.15) is 0 Å². The molecule has 0 bridgehead atoms. The van der Waals surface area contributed by atoms with Crippen molar-refractivity contribution in [3.05, 3.63) is 65.9 Å². The predicted octanol–water partition coefficient (Wildman–Crippen LogP) is 5.09. The fourth-order valence-corrected chi connectivity index (χ4v) is 2.52. The molecule has 1 aromatic heterocycles. The number of aromatic nitrogens is 1. The zero-order chi connectivity index (χ0) is 20.3. The van der Waals surface area contributed by atoms with Crippen LogP contribution in [0.4, 0.5) is 0 Å². The molecule has 3 rings (SSSR count). The van der Waals surface area contributed by atoms with E-state index in [9.17, 15) is 9.59 Å². The smallest absolute Gasteiger partial charge is 0.339 e. The van der Waals surface area contributed by atoms with Gasteiger partial charge in [-0.15, -0.1) is 0 Å². The molecule has 0 unspecified atom stereocenters. The molecule has 5 heteroatoms. The first-order chi connectivity index (χ1) is 13.3. The molecule has 5 nitrogen and oxygen atoms in total. The number of Topliss-reactive ketones (excluding diaryl/α,β-unsaturated/α-hetero) is 1. The van der Waals surface area contributed by atoms with Crippen molar-refractivity contribution in [1.29, 1.82) is 0 Å². The second-order valence-electron chi connectivity index (χ2n) is 7.69. The Labute approximate surface area is 164 Å². The van der Waals surface area contributed by atoms with Crippen LogP contribution in [0.3, 0.4) is 0 Å². The standard InChI is InChI=1S/C23H23NO4/c1-15-9-11-16(12-10-15)19-13-24-21(28-19)17-7-5-6-8-18(17)22(26)27-14-20(25)23(2,3)4/h5-13H,14H2,1-4H3. The van der Waals surface area contributed by atoms with Crippen LogP contribution in [0.5, 0.6) is 0 Å². The molecule has 3 aromatic rings. The second-order valence-corrected chi connectivity index (χ2v) is 7.69. The van der Waals surface area contributed by atoms with Gasteiger partial charge in [-0.1, -0.05) is 62.7 Å².